The van der Waals surface area contributed by atoms with Gasteiger partial charge in [-0.25, -0.2) is 8.42 Å². The van der Waals surface area contributed by atoms with Crippen molar-refractivity contribution in [1.29, 1.82) is 5.26 Å². The highest BCUT2D eigenvalue weighted by Crippen LogP contribution is 2.38. The van der Waals surface area contributed by atoms with Crippen molar-refractivity contribution in [3.8, 4) is 6.07 Å². The van der Waals surface area contributed by atoms with E-state index in [1.165, 1.54) is 12.8 Å². The Morgan fingerprint density at radius 2 is 1.71 bits per heavy atom. The average Bonchev–Trinajstić information content (AvgIpc) is 2.55. The molecule has 2 aliphatic rings. The van der Waals surface area contributed by atoms with Gasteiger partial charge in [-0.2, -0.15) is 5.26 Å². The Labute approximate surface area is 85.0 Å². The van der Waals surface area contributed by atoms with E-state index in [2.05, 4.69) is 6.07 Å². The van der Waals surface area contributed by atoms with Crippen LogP contribution in [0.3, 0.4) is 0 Å². The number of sulfone groups is 1. The summed E-state index contributed by atoms with van der Waals surface area (Å²) in [7, 11) is -2.77. The molecule has 4 heteroatoms. The molecule has 0 aromatic rings. The summed E-state index contributed by atoms with van der Waals surface area (Å²) in [4.78, 5) is 0. The molecule has 1 saturated heterocycles. The van der Waals surface area contributed by atoms with Crippen molar-refractivity contribution in [3.05, 3.63) is 0 Å². The first kappa shape index (κ1) is 9.97. The molecule has 0 spiro atoms. The van der Waals surface area contributed by atoms with Gasteiger partial charge in [0, 0.05) is 5.92 Å². The minimum Gasteiger partial charge on any atom is -0.229 e. The van der Waals surface area contributed by atoms with Gasteiger partial charge in [-0.15, -0.1) is 0 Å². The van der Waals surface area contributed by atoms with Crippen molar-refractivity contribution in [2.75, 3.05) is 11.5 Å². The zero-order valence-electron chi connectivity index (χ0n) is 8.15. The molecule has 1 atom stereocenters. The molecular weight excluding hydrogens is 198 g/mol. The second kappa shape index (κ2) is 3.54. The maximum absolute atomic E-state index is 11.0. The predicted molar refractivity (Wildman–Crippen MR) is 53.2 cm³/mol. The molecule has 1 heterocycles. The first-order valence-electron chi connectivity index (χ1n) is 5.22. The number of hydrogen-bond donors (Lipinski definition) is 0. The maximum atomic E-state index is 11.0. The monoisotopic (exact) mass is 213 g/mol. The van der Waals surface area contributed by atoms with Crippen molar-refractivity contribution in [3.63, 3.8) is 0 Å². The fraction of sp³-hybridized carbons (Fsp3) is 0.900. The van der Waals surface area contributed by atoms with E-state index >= 15 is 0 Å². The van der Waals surface area contributed by atoms with E-state index in [-0.39, 0.29) is 23.3 Å². The summed E-state index contributed by atoms with van der Waals surface area (Å²) in [6, 6.07) is 2.32. The zero-order valence-corrected chi connectivity index (χ0v) is 8.96. The van der Waals surface area contributed by atoms with E-state index in [1.807, 2.05) is 0 Å². The highest BCUT2D eigenvalue weighted by atomic mass is 32.2. The molecule has 1 unspecified atom stereocenters. The summed E-state index contributed by atoms with van der Waals surface area (Å²) in [6.07, 6.45) is 4.66. The van der Waals surface area contributed by atoms with E-state index in [0.29, 0.717) is 5.92 Å². The van der Waals surface area contributed by atoms with Crippen LogP contribution in [0.1, 0.15) is 25.7 Å². The Hall–Kier alpha value is -0.560. The third-order valence-corrected chi connectivity index (χ3v) is 5.37. The second-order valence-electron chi connectivity index (χ2n) is 4.54. The van der Waals surface area contributed by atoms with Gasteiger partial charge in [0.1, 0.15) is 0 Å². The van der Waals surface area contributed by atoms with Crippen molar-refractivity contribution < 1.29 is 8.42 Å². The SMILES string of the molecule is N#CC(C1CCCC1)C1CS(=O)(=O)C1. The highest BCUT2D eigenvalue weighted by molar-refractivity contribution is 7.92. The number of nitrogens with zero attached hydrogens (tertiary/aromatic N) is 1. The Bertz CT molecular complexity index is 337. The first-order valence-corrected chi connectivity index (χ1v) is 7.04. The van der Waals surface area contributed by atoms with Crippen molar-refractivity contribution in [2.24, 2.45) is 17.8 Å². The number of nitriles is 1. The Morgan fingerprint density at radius 1 is 1.14 bits per heavy atom. The van der Waals surface area contributed by atoms with Crippen molar-refractivity contribution >= 4 is 9.84 Å². The summed E-state index contributed by atoms with van der Waals surface area (Å²) in [5.41, 5.74) is 0. The van der Waals surface area contributed by atoms with Crippen LogP contribution in [0.15, 0.2) is 0 Å². The molecule has 0 aromatic carbocycles. The van der Waals surface area contributed by atoms with Crippen LogP contribution in [0.4, 0.5) is 0 Å². The Balaban J connectivity index is 1.98. The fourth-order valence-electron chi connectivity index (χ4n) is 2.72. The van der Waals surface area contributed by atoms with Gasteiger partial charge < -0.3 is 0 Å². The standard InChI is InChI=1S/C10H15NO2S/c11-5-10(8-3-1-2-4-8)9-6-14(12,13)7-9/h8-10H,1-4,6-7H2. The summed E-state index contributed by atoms with van der Waals surface area (Å²) in [5.74, 6) is 1.11. The molecular formula is C10H15NO2S. The molecule has 0 aromatic heterocycles. The molecule has 78 valence electrons. The van der Waals surface area contributed by atoms with Gasteiger partial charge in [0.25, 0.3) is 0 Å². The number of rotatable bonds is 2. The minimum absolute atomic E-state index is 0.000949. The number of hydrogen-bond acceptors (Lipinski definition) is 3. The molecule has 14 heavy (non-hydrogen) atoms. The van der Waals surface area contributed by atoms with Crippen LogP contribution in [-0.2, 0) is 9.84 Å². The van der Waals surface area contributed by atoms with E-state index in [9.17, 15) is 8.42 Å². The molecule has 0 bridgehead atoms. The van der Waals surface area contributed by atoms with Gasteiger partial charge in [0.05, 0.1) is 23.5 Å². The Morgan fingerprint density at radius 3 is 2.14 bits per heavy atom. The third kappa shape index (κ3) is 1.78. The van der Waals surface area contributed by atoms with Gasteiger partial charge >= 0.3 is 0 Å². The lowest BCUT2D eigenvalue weighted by molar-refractivity contribution is 0.312. The van der Waals surface area contributed by atoms with E-state index in [4.69, 9.17) is 5.26 Å². The molecule has 0 amide bonds. The lowest BCUT2D eigenvalue weighted by atomic mass is 9.83. The van der Waals surface area contributed by atoms with Crippen LogP contribution in [0.25, 0.3) is 0 Å². The van der Waals surface area contributed by atoms with Crippen molar-refractivity contribution in [1.82, 2.24) is 0 Å². The largest absolute Gasteiger partial charge is 0.229 e. The van der Waals surface area contributed by atoms with Crippen LogP contribution in [0, 0.1) is 29.1 Å². The van der Waals surface area contributed by atoms with Crippen LogP contribution >= 0.6 is 0 Å². The van der Waals surface area contributed by atoms with Gasteiger partial charge in [-0.1, -0.05) is 12.8 Å². The summed E-state index contributed by atoms with van der Waals surface area (Å²) < 4.78 is 22.0. The maximum Gasteiger partial charge on any atom is 0.151 e. The van der Waals surface area contributed by atoms with E-state index < -0.39 is 9.84 Å². The van der Waals surface area contributed by atoms with E-state index in [0.717, 1.165) is 12.8 Å². The first-order chi connectivity index (χ1) is 6.62. The quantitative estimate of drug-likeness (QED) is 0.696. The fourth-order valence-corrected chi connectivity index (χ4v) is 4.34. The molecule has 3 nitrogen and oxygen atoms in total. The predicted octanol–water partition coefficient (Wildman–Crippen LogP) is 1.36. The topological polar surface area (TPSA) is 57.9 Å². The highest BCUT2D eigenvalue weighted by Gasteiger charge is 2.42. The summed E-state index contributed by atoms with van der Waals surface area (Å²) in [6.45, 7) is 0. The van der Waals surface area contributed by atoms with E-state index in [1.54, 1.807) is 0 Å². The molecule has 1 aliphatic carbocycles. The molecule has 0 radical (unpaired) electrons. The average molecular weight is 213 g/mol. The van der Waals surface area contributed by atoms with Crippen LogP contribution < -0.4 is 0 Å². The molecule has 0 N–H and O–H groups in total. The van der Waals surface area contributed by atoms with Gasteiger partial charge in [0.2, 0.25) is 0 Å². The third-order valence-electron chi connectivity index (χ3n) is 3.50. The van der Waals surface area contributed by atoms with Gasteiger partial charge in [0.15, 0.2) is 9.84 Å². The molecule has 1 saturated carbocycles. The van der Waals surface area contributed by atoms with Gasteiger partial charge in [-0.05, 0) is 18.8 Å². The lowest BCUT2D eigenvalue weighted by Gasteiger charge is -2.32. The molecule has 2 rings (SSSR count). The molecule has 2 fully saturated rings. The summed E-state index contributed by atoms with van der Waals surface area (Å²) >= 11 is 0. The van der Waals surface area contributed by atoms with Crippen molar-refractivity contribution in [2.45, 2.75) is 25.7 Å². The summed E-state index contributed by atoms with van der Waals surface area (Å²) in [5, 5.41) is 9.05. The van der Waals surface area contributed by atoms with Crippen LogP contribution in [0.5, 0.6) is 0 Å². The van der Waals surface area contributed by atoms with Crippen LogP contribution in [-0.4, -0.2) is 19.9 Å². The second-order valence-corrected chi connectivity index (χ2v) is 6.69. The molecule has 1 aliphatic heterocycles. The normalized spacial score (nSPS) is 29.4. The minimum atomic E-state index is -2.77. The lowest BCUT2D eigenvalue weighted by Crippen LogP contribution is -2.42. The van der Waals surface area contributed by atoms with Crippen LogP contribution in [0.2, 0.25) is 0 Å². The van der Waals surface area contributed by atoms with Gasteiger partial charge in [-0.3, -0.25) is 0 Å². The smallest absolute Gasteiger partial charge is 0.151 e. The Kier molecular flexibility index (Phi) is 2.52. The zero-order chi connectivity index (χ0) is 10.2.